The minimum absolute atomic E-state index is 0.0894. The van der Waals surface area contributed by atoms with E-state index in [9.17, 15) is 14.8 Å². The summed E-state index contributed by atoms with van der Waals surface area (Å²) in [5, 5.41) is 10.3. The van der Waals surface area contributed by atoms with Gasteiger partial charge in [-0.1, -0.05) is 13.8 Å². The van der Waals surface area contributed by atoms with Crippen LogP contribution in [0, 0.1) is 18.3 Å². The minimum atomic E-state index is -0.934. The smallest absolute Gasteiger partial charge is 0.264 e. The molecule has 1 heterocycles. The summed E-state index contributed by atoms with van der Waals surface area (Å²) in [7, 11) is 0. The van der Waals surface area contributed by atoms with E-state index in [1.807, 2.05) is 6.92 Å². The lowest BCUT2D eigenvalue weighted by Crippen LogP contribution is -2.52. The molecule has 3 N–H and O–H groups in total. The monoisotopic (exact) mass is 335 g/mol. The Morgan fingerprint density at radius 2 is 2.12 bits per heavy atom. The van der Waals surface area contributed by atoms with Crippen LogP contribution in [0.2, 0.25) is 0 Å². The number of anilines is 1. The van der Waals surface area contributed by atoms with Crippen LogP contribution in [0.1, 0.15) is 45.2 Å². The van der Waals surface area contributed by atoms with Crippen molar-refractivity contribution in [1.82, 2.24) is 20.5 Å². The van der Waals surface area contributed by atoms with Crippen molar-refractivity contribution in [3.8, 4) is 0 Å². The molecule has 1 aliphatic carbocycles. The molecule has 1 saturated carbocycles. The zero-order valence-electron chi connectivity index (χ0n) is 14.3. The normalized spacial score (nSPS) is 18.5. The van der Waals surface area contributed by atoms with Crippen LogP contribution in [0.4, 0.5) is 5.95 Å². The summed E-state index contributed by atoms with van der Waals surface area (Å²) in [6, 6.07) is 0.803. The molecule has 0 saturated heterocycles. The topological polar surface area (TPSA) is 107 Å². The molecule has 2 amide bonds. The van der Waals surface area contributed by atoms with Crippen molar-refractivity contribution >= 4 is 18.3 Å². The SMILES string of the molecule is Cc1ccnc(NNC(=O)C(C2CCC(C)(C)CC2)N(O)C=O)n1. The highest BCUT2D eigenvalue weighted by Gasteiger charge is 2.37. The number of aromatic nitrogens is 2. The molecule has 1 atom stereocenters. The second-order valence-electron chi connectivity index (χ2n) is 7.07. The second kappa shape index (κ2) is 7.57. The number of hydroxylamine groups is 2. The third kappa shape index (κ3) is 4.64. The lowest BCUT2D eigenvalue weighted by atomic mass is 9.71. The summed E-state index contributed by atoms with van der Waals surface area (Å²) in [6.45, 7) is 6.18. The van der Waals surface area contributed by atoms with Gasteiger partial charge in [-0.3, -0.25) is 25.6 Å². The number of aryl methyl sites for hydroxylation is 1. The van der Waals surface area contributed by atoms with Crippen LogP contribution >= 0.6 is 0 Å². The van der Waals surface area contributed by atoms with Crippen LogP contribution in [0.5, 0.6) is 0 Å². The molecule has 1 aromatic heterocycles. The van der Waals surface area contributed by atoms with E-state index in [0.717, 1.165) is 31.4 Å². The summed E-state index contributed by atoms with van der Waals surface area (Å²) in [5.74, 6) is -0.324. The van der Waals surface area contributed by atoms with Crippen LogP contribution in [0.15, 0.2) is 12.3 Å². The average Bonchev–Trinajstić information content (AvgIpc) is 2.54. The number of carbonyl (C=O) groups is 2. The van der Waals surface area contributed by atoms with Gasteiger partial charge in [0, 0.05) is 11.9 Å². The third-order valence-corrected chi connectivity index (χ3v) is 4.58. The van der Waals surface area contributed by atoms with Crippen molar-refractivity contribution in [3.63, 3.8) is 0 Å². The molecule has 8 heteroatoms. The van der Waals surface area contributed by atoms with Crippen molar-refractivity contribution in [3.05, 3.63) is 18.0 Å². The number of amides is 2. The van der Waals surface area contributed by atoms with E-state index in [0.29, 0.717) is 5.06 Å². The Balaban J connectivity index is 2.02. The number of hydrogen-bond acceptors (Lipinski definition) is 6. The number of nitrogens with zero attached hydrogens (tertiary/aromatic N) is 3. The van der Waals surface area contributed by atoms with Gasteiger partial charge in [0.15, 0.2) is 0 Å². The van der Waals surface area contributed by atoms with Gasteiger partial charge in [-0.15, -0.1) is 0 Å². The molecule has 1 aliphatic rings. The fourth-order valence-corrected chi connectivity index (χ4v) is 3.05. The zero-order chi connectivity index (χ0) is 17.7. The largest absolute Gasteiger partial charge is 0.285 e. The van der Waals surface area contributed by atoms with Gasteiger partial charge in [-0.2, -0.15) is 0 Å². The number of hydrogen-bond donors (Lipinski definition) is 3. The molecule has 1 unspecified atom stereocenters. The molecule has 0 aromatic carbocycles. The van der Waals surface area contributed by atoms with Gasteiger partial charge in [-0.25, -0.2) is 15.0 Å². The Morgan fingerprint density at radius 1 is 1.46 bits per heavy atom. The van der Waals surface area contributed by atoms with Gasteiger partial charge in [0.05, 0.1) is 0 Å². The lowest BCUT2D eigenvalue weighted by Gasteiger charge is -2.38. The highest BCUT2D eigenvalue weighted by Crippen LogP contribution is 2.39. The molecule has 132 valence electrons. The molecule has 0 bridgehead atoms. The van der Waals surface area contributed by atoms with E-state index in [1.54, 1.807) is 12.3 Å². The number of carbonyl (C=O) groups excluding carboxylic acids is 2. The predicted octanol–water partition coefficient (Wildman–Crippen LogP) is 1.66. The first-order valence-corrected chi connectivity index (χ1v) is 8.10. The van der Waals surface area contributed by atoms with E-state index < -0.39 is 11.9 Å². The first-order valence-electron chi connectivity index (χ1n) is 8.10. The summed E-state index contributed by atoms with van der Waals surface area (Å²) >= 11 is 0. The third-order valence-electron chi connectivity index (χ3n) is 4.58. The van der Waals surface area contributed by atoms with Gasteiger partial charge in [0.1, 0.15) is 6.04 Å². The van der Waals surface area contributed by atoms with Crippen molar-refractivity contribution in [2.75, 3.05) is 5.43 Å². The van der Waals surface area contributed by atoms with Gasteiger partial charge in [-0.05, 0) is 50.0 Å². The maximum absolute atomic E-state index is 12.5. The predicted molar refractivity (Wildman–Crippen MR) is 87.8 cm³/mol. The Hall–Kier alpha value is -2.22. The van der Waals surface area contributed by atoms with Crippen molar-refractivity contribution in [2.24, 2.45) is 11.3 Å². The Bertz CT molecular complexity index is 583. The molecule has 0 radical (unpaired) electrons. The molecular formula is C16H25N5O3. The van der Waals surface area contributed by atoms with Crippen molar-refractivity contribution in [1.29, 1.82) is 0 Å². The molecule has 0 spiro atoms. The summed E-state index contributed by atoms with van der Waals surface area (Å²) < 4.78 is 0. The van der Waals surface area contributed by atoms with Crippen LogP contribution < -0.4 is 10.9 Å². The Kier molecular flexibility index (Phi) is 5.71. The molecule has 8 nitrogen and oxygen atoms in total. The highest BCUT2D eigenvalue weighted by molar-refractivity contribution is 5.84. The summed E-state index contributed by atoms with van der Waals surface area (Å²) in [4.78, 5) is 31.6. The zero-order valence-corrected chi connectivity index (χ0v) is 14.3. The molecular weight excluding hydrogens is 310 g/mol. The molecule has 1 aromatic rings. The van der Waals surface area contributed by atoms with E-state index in [2.05, 4.69) is 34.7 Å². The molecule has 1 fully saturated rings. The second-order valence-corrected chi connectivity index (χ2v) is 7.07. The standard InChI is InChI=1S/C16H25N5O3/c1-11-6-9-17-15(18-11)20-19-14(23)13(21(24)10-22)12-4-7-16(2,3)8-5-12/h6,9-10,12-13,24H,4-5,7-8H2,1-3H3,(H,19,23)(H,17,18,20). The maximum Gasteiger partial charge on any atom is 0.264 e. The number of rotatable bonds is 6. The molecule has 2 rings (SSSR count). The van der Waals surface area contributed by atoms with E-state index in [1.165, 1.54) is 0 Å². The van der Waals surface area contributed by atoms with Gasteiger partial charge in [0.2, 0.25) is 12.4 Å². The van der Waals surface area contributed by atoms with Crippen LogP contribution in [0.3, 0.4) is 0 Å². The van der Waals surface area contributed by atoms with Crippen LogP contribution in [0.25, 0.3) is 0 Å². The van der Waals surface area contributed by atoms with Crippen molar-refractivity contribution in [2.45, 2.75) is 52.5 Å². The average molecular weight is 335 g/mol. The number of hydrazine groups is 1. The first-order chi connectivity index (χ1) is 11.3. The Morgan fingerprint density at radius 3 is 2.71 bits per heavy atom. The fourth-order valence-electron chi connectivity index (χ4n) is 3.05. The van der Waals surface area contributed by atoms with E-state index >= 15 is 0 Å². The highest BCUT2D eigenvalue weighted by atomic mass is 16.5. The number of nitrogens with one attached hydrogen (secondary N) is 2. The molecule has 24 heavy (non-hydrogen) atoms. The summed E-state index contributed by atoms with van der Waals surface area (Å²) in [6.07, 6.45) is 5.29. The summed E-state index contributed by atoms with van der Waals surface area (Å²) in [5.41, 5.74) is 6.09. The quantitative estimate of drug-likeness (QED) is 0.414. The van der Waals surface area contributed by atoms with Gasteiger partial charge < -0.3 is 0 Å². The Labute approximate surface area is 141 Å². The fraction of sp³-hybridized carbons (Fsp3) is 0.625. The van der Waals surface area contributed by atoms with E-state index in [4.69, 9.17) is 0 Å². The first kappa shape index (κ1) is 18.1. The minimum Gasteiger partial charge on any atom is -0.285 e. The van der Waals surface area contributed by atoms with E-state index in [-0.39, 0.29) is 23.7 Å². The van der Waals surface area contributed by atoms with Crippen LogP contribution in [-0.4, -0.2) is 38.6 Å². The van der Waals surface area contributed by atoms with Crippen LogP contribution in [-0.2, 0) is 9.59 Å². The lowest BCUT2D eigenvalue weighted by molar-refractivity contribution is -0.174. The van der Waals surface area contributed by atoms with Gasteiger partial charge in [0.25, 0.3) is 5.91 Å². The van der Waals surface area contributed by atoms with Crippen molar-refractivity contribution < 1.29 is 14.8 Å². The molecule has 0 aliphatic heterocycles. The van der Waals surface area contributed by atoms with Gasteiger partial charge >= 0.3 is 0 Å². The maximum atomic E-state index is 12.5.